The minimum Gasteiger partial charge on any atom is -0.391 e. The summed E-state index contributed by atoms with van der Waals surface area (Å²) >= 11 is 1.03. The van der Waals surface area contributed by atoms with Crippen LogP contribution in [0.25, 0.3) is 32.2 Å². The van der Waals surface area contributed by atoms with Crippen LogP contribution in [0.5, 0.6) is 0 Å². The standard InChI is InChI=1S/C28H28F3N7OS.ClH/c1-37(26-20-9-19(10-28(29,30)31)40-27(20)35-15-34-26)23-7-18(8-25(23)39)33-11-16-3-5-17(6-4-16)21-12-32-14-24-22(21)13-36-38(24)2;/h3-6,9,12-15,18,23,25,33,39H,7-8,10-11H2,1-2H3;1H/t18-,23+,25-;/m1./s1. The number of thiophene rings is 1. The number of pyridine rings is 1. The number of rotatable bonds is 7. The molecule has 0 radical (unpaired) electrons. The second kappa shape index (κ2) is 11.5. The van der Waals surface area contributed by atoms with Gasteiger partial charge in [-0.05, 0) is 30.0 Å². The first-order valence-corrected chi connectivity index (χ1v) is 13.8. The molecule has 0 spiro atoms. The quantitative estimate of drug-likeness (QED) is 0.261. The number of fused-ring (bicyclic) bond motifs is 2. The molecule has 1 aromatic carbocycles. The smallest absolute Gasteiger partial charge is 0.391 e. The third-order valence-corrected chi connectivity index (χ3v) is 8.64. The van der Waals surface area contributed by atoms with Gasteiger partial charge >= 0.3 is 6.18 Å². The van der Waals surface area contributed by atoms with Crippen LogP contribution in [0.15, 0.2) is 55.2 Å². The fourth-order valence-corrected chi connectivity index (χ4v) is 6.57. The molecular weight excluding hydrogens is 575 g/mol. The normalized spacial score (nSPS) is 19.1. The van der Waals surface area contributed by atoms with Gasteiger partial charge in [0.15, 0.2) is 0 Å². The highest BCUT2D eigenvalue weighted by atomic mass is 35.5. The highest BCUT2D eigenvalue weighted by Gasteiger charge is 2.37. The first kappa shape index (κ1) is 29.2. The molecule has 4 aromatic heterocycles. The van der Waals surface area contributed by atoms with E-state index >= 15 is 0 Å². The zero-order chi connectivity index (χ0) is 28.0. The molecule has 3 atom stereocenters. The third-order valence-electron chi connectivity index (χ3n) is 7.60. The lowest BCUT2D eigenvalue weighted by Gasteiger charge is -2.28. The summed E-state index contributed by atoms with van der Waals surface area (Å²) < 4.78 is 40.6. The Hall–Kier alpha value is -3.32. The lowest BCUT2D eigenvalue weighted by molar-refractivity contribution is -0.126. The molecule has 0 amide bonds. The molecule has 1 aliphatic carbocycles. The Kier molecular flexibility index (Phi) is 8.20. The molecule has 8 nitrogen and oxygen atoms in total. The van der Waals surface area contributed by atoms with Gasteiger partial charge in [0.25, 0.3) is 0 Å². The highest BCUT2D eigenvalue weighted by molar-refractivity contribution is 7.18. The summed E-state index contributed by atoms with van der Waals surface area (Å²) in [5, 5.41) is 20.4. The molecule has 5 aromatic rings. The second-order valence-electron chi connectivity index (χ2n) is 10.3. The van der Waals surface area contributed by atoms with E-state index in [2.05, 4.69) is 49.6 Å². The molecule has 13 heteroatoms. The number of aliphatic hydroxyl groups is 1. The Bertz CT molecular complexity index is 1660. The summed E-state index contributed by atoms with van der Waals surface area (Å²) in [6.07, 6.45) is 2.25. The lowest BCUT2D eigenvalue weighted by Crippen LogP contribution is -2.38. The fraction of sp³-hybridized carbons (Fsp3) is 0.357. The maximum atomic E-state index is 12.9. The van der Waals surface area contributed by atoms with Crippen molar-refractivity contribution < 1.29 is 18.3 Å². The van der Waals surface area contributed by atoms with E-state index in [0.29, 0.717) is 35.4 Å². The van der Waals surface area contributed by atoms with Crippen LogP contribution >= 0.6 is 23.7 Å². The molecule has 6 rings (SSSR count). The van der Waals surface area contributed by atoms with Crippen LogP contribution in [0.2, 0.25) is 0 Å². The topological polar surface area (TPSA) is 92.0 Å². The number of aliphatic hydroxyl groups excluding tert-OH is 1. The summed E-state index contributed by atoms with van der Waals surface area (Å²) in [6, 6.07) is 9.69. The summed E-state index contributed by atoms with van der Waals surface area (Å²) in [4.78, 5) is 15.5. The van der Waals surface area contributed by atoms with E-state index in [0.717, 1.165) is 38.9 Å². The van der Waals surface area contributed by atoms with Crippen LogP contribution in [-0.2, 0) is 20.0 Å². The number of nitrogens with zero attached hydrogens (tertiary/aromatic N) is 6. The molecule has 1 saturated carbocycles. The van der Waals surface area contributed by atoms with Crippen molar-refractivity contribution in [2.45, 2.75) is 50.2 Å². The van der Waals surface area contributed by atoms with Gasteiger partial charge in [0.2, 0.25) is 0 Å². The number of likely N-dealkylation sites (N-methyl/N-ethyl adjacent to an activating group) is 1. The van der Waals surface area contributed by atoms with Crippen LogP contribution in [0.4, 0.5) is 19.0 Å². The average molecular weight is 604 g/mol. The van der Waals surface area contributed by atoms with Gasteiger partial charge in [-0.15, -0.1) is 23.7 Å². The molecule has 1 fully saturated rings. The second-order valence-corrected chi connectivity index (χ2v) is 11.4. The Morgan fingerprint density at radius 3 is 2.63 bits per heavy atom. The highest BCUT2D eigenvalue weighted by Crippen LogP contribution is 2.36. The predicted octanol–water partition coefficient (Wildman–Crippen LogP) is 5.28. The SMILES string of the molecule is CN(c1ncnc2sc(CC(F)(F)F)cc12)[C@H]1C[C@@H](NCc2ccc(-c3cncc4c3cnn4C)cc2)C[C@H]1O.Cl. The number of nitrogens with one attached hydrogen (secondary N) is 1. The molecular formula is C28H29ClF3N7OS. The van der Waals surface area contributed by atoms with Crippen molar-refractivity contribution in [2.75, 3.05) is 11.9 Å². The van der Waals surface area contributed by atoms with Gasteiger partial charge < -0.3 is 15.3 Å². The minimum absolute atomic E-state index is 0. The van der Waals surface area contributed by atoms with Crippen molar-refractivity contribution in [1.29, 1.82) is 0 Å². The molecule has 0 aliphatic heterocycles. The zero-order valence-corrected chi connectivity index (χ0v) is 24.0. The predicted molar refractivity (Wildman–Crippen MR) is 156 cm³/mol. The summed E-state index contributed by atoms with van der Waals surface area (Å²) in [7, 11) is 3.73. The zero-order valence-electron chi connectivity index (χ0n) is 22.3. The maximum absolute atomic E-state index is 12.9. The Labute approximate surface area is 244 Å². The number of aryl methyl sites for hydroxylation is 1. The Balaban J connectivity index is 0.00000337. The van der Waals surface area contributed by atoms with Crippen LogP contribution in [0.3, 0.4) is 0 Å². The van der Waals surface area contributed by atoms with Crippen LogP contribution in [0, 0.1) is 0 Å². The van der Waals surface area contributed by atoms with Gasteiger partial charge in [0.1, 0.15) is 17.0 Å². The number of aromatic nitrogens is 5. The van der Waals surface area contributed by atoms with Crippen molar-refractivity contribution >= 4 is 50.7 Å². The number of anilines is 1. The van der Waals surface area contributed by atoms with Gasteiger partial charge in [-0.3, -0.25) is 9.67 Å². The van der Waals surface area contributed by atoms with Crippen LogP contribution < -0.4 is 10.2 Å². The van der Waals surface area contributed by atoms with Gasteiger partial charge in [-0.2, -0.15) is 18.3 Å². The third kappa shape index (κ3) is 6.01. The van der Waals surface area contributed by atoms with Gasteiger partial charge in [-0.25, -0.2) is 9.97 Å². The van der Waals surface area contributed by atoms with E-state index in [1.54, 1.807) is 0 Å². The first-order chi connectivity index (χ1) is 19.2. The molecule has 0 saturated heterocycles. The molecule has 2 N–H and O–H groups in total. The van der Waals surface area contributed by atoms with E-state index in [9.17, 15) is 18.3 Å². The van der Waals surface area contributed by atoms with Gasteiger partial charge in [0, 0.05) is 48.7 Å². The average Bonchev–Trinajstić information content (AvgIpc) is 3.62. The van der Waals surface area contributed by atoms with E-state index < -0.39 is 18.7 Å². The maximum Gasteiger partial charge on any atom is 0.393 e. The summed E-state index contributed by atoms with van der Waals surface area (Å²) in [5.41, 5.74) is 4.20. The van der Waals surface area contributed by atoms with Gasteiger partial charge in [0.05, 0.1) is 41.9 Å². The molecule has 0 unspecified atom stereocenters. The number of hydrogen-bond acceptors (Lipinski definition) is 8. The largest absolute Gasteiger partial charge is 0.393 e. The van der Waals surface area contributed by atoms with E-state index in [-0.39, 0.29) is 29.4 Å². The van der Waals surface area contributed by atoms with Crippen molar-refractivity contribution in [3.05, 3.63) is 65.7 Å². The van der Waals surface area contributed by atoms with Crippen molar-refractivity contribution in [3.8, 4) is 11.1 Å². The van der Waals surface area contributed by atoms with Gasteiger partial charge in [-0.1, -0.05) is 24.3 Å². The number of hydrogen-bond donors (Lipinski definition) is 2. The van der Waals surface area contributed by atoms with E-state index in [1.807, 2.05) is 42.3 Å². The number of alkyl halides is 3. The molecule has 0 bridgehead atoms. The number of halogens is 4. The first-order valence-electron chi connectivity index (χ1n) is 13.0. The van der Waals surface area contributed by atoms with Crippen molar-refractivity contribution in [1.82, 2.24) is 30.0 Å². The minimum atomic E-state index is -4.29. The monoisotopic (exact) mass is 603 g/mol. The van der Waals surface area contributed by atoms with Crippen LogP contribution in [-0.4, -0.2) is 61.3 Å². The summed E-state index contributed by atoms with van der Waals surface area (Å²) in [6.45, 7) is 0.645. The Morgan fingerprint density at radius 2 is 1.88 bits per heavy atom. The van der Waals surface area contributed by atoms with Crippen molar-refractivity contribution in [3.63, 3.8) is 0 Å². The van der Waals surface area contributed by atoms with E-state index in [4.69, 9.17) is 0 Å². The summed E-state index contributed by atoms with van der Waals surface area (Å²) in [5.74, 6) is 0.535. The van der Waals surface area contributed by atoms with E-state index in [1.165, 1.54) is 12.4 Å². The molecule has 1 aliphatic rings. The molecule has 41 heavy (non-hydrogen) atoms. The fourth-order valence-electron chi connectivity index (χ4n) is 5.55. The lowest BCUT2D eigenvalue weighted by atomic mass is 10.0. The Morgan fingerprint density at radius 1 is 1.10 bits per heavy atom. The molecule has 4 heterocycles. The number of benzene rings is 1. The molecule has 216 valence electrons. The van der Waals surface area contributed by atoms with Crippen molar-refractivity contribution in [2.24, 2.45) is 7.05 Å². The van der Waals surface area contributed by atoms with Crippen LogP contribution in [0.1, 0.15) is 23.3 Å².